The molecule has 0 radical (unpaired) electrons. The van der Waals surface area contributed by atoms with Crippen molar-refractivity contribution in [2.45, 2.75) is 32.5 Å². The number of ether oxygens (including phenoxy) is 1. The highest BCUT2D eigenvalue weighted by molar-refractivity contribution is 5.89. The monoisotopic (exact) mass is 389 g/mol. The summed E-state index contributed by atoms with van der Waals surface area (Å²) in [6.07, 6.45) is 0.434. The van der Waals surface area contributed by atoms with Crippen LogP contribution in [-0.4, -0.2) is 37.9 Å². The standard InChI is InChI=1S/C21H25F2N3O2/c1-14-12-26(13-15(2)28-14)20-8-7-17(11-19(20)23)25-21(27)24-10-9-16-5-3-4-6-18(16)22/h3-8,11,14-15H,9-10,12-13H2,1-2H3,(H2,24,25,27). The summed E-state index contributed by atoms with van der Waals surface area (Å²) >= 11 is 0. The van der Waals surface area contributed by atoms with Crippen molar-refractivity contribution >= 4 is 17.4 Å². The van der Waals surface area contributed by atoms with Crippen LogP contribution in [0.4, 0.5) is 25.0 Å². The smallest absolute Gasteiger partial charge is 0.319 e. The molecular weight excluding hydrogens is 364 g/mol. The molecule has 0 saturated carbocycles. The van der Waals surface area contributed by atoms with Crippen molar-refractivity contribution in [3.8, 4) is 0 Å². The van der Waals surface area contributed by atoms with Crippen molar-refractivity contribution in [3.05, 3.63) is 59.7 Å². The minimum atomic E-state index is -0.461. The van der Waals surface area contributed by atoms with Gasteiger partial charge in [-0.15, -0.1) is 0 Å². The Morgan fingerprint density at radius 1 is 1.11 bits per heavy atom. The molecule has 2 aromatic carbocycles. The van der Waals surface area contributed by atoms with Gasteiger partial charge >= 0.3 is 6.03 Å². The highest BCUT2D eigenvalue weighted by atomic mass is 19.1. The topological polar surface area (TPSA) is 53.6 Å². The molecule has 2 amide bonds. The fourth-order valence-corrected chi connectivity index (χ4v) is 3.40. The van der Waals surface area contributed by atoms with Crippen molar-refractivity contribution in [1.82, 2.24) is 5.32 Å². The van der Waals surface area contributed by atoms with Crippen LogP contribution >= 0.6 is 0 Å². The number of anilines is 2. The van der Waals surface area contributed by atoms with E-state index in [-0.39, 0.29) is 24.6 Å². The Bertz CT molecular complexity index is 821. The summed E-state index contributed by atoms with van der Waals surface area (Å²) in [5, 5.41) is 5.25. The second-order valence-corrected chi connectivity index (χ2v) is 7.05. The normalized spacial score (nSPS) is 19.4. The molecule has 0 aromatic heterocycles. The van der Waals surface area contributed by atoms with Gasteiger partial charge in [-0.3, -0.25) is 0 Å². The van der Waals surface area contributed by atoms with Gasteiger partial charge in [-0.2, -0.15) is 0 Å². The molecule has 2 N–H and O–H groups in total. The molecule has 2 aromatic rings. The summed E-state index contributed by atoms with van der Waals surface area (Å²) in [5.74, 6) is -0.695. The van der Waals surface area contributed by atoms with Gasteiger partial charge in [0.2, 0.25) is 0 Å². The predicted molar refractivity (Wildman–Crippen MR) is 106 cm³/mol. The lowest BCUT2D eigenvalue weighted by Gasteiger charge is -2.37. The third-order valence-corrected chi connectivity index (χ3v) is 4.60. The van der Waals surface area contributed by atoms with Gasteiger partial charge in [-0.25, -0.2) is 13.6 Å². The third-order valence-electron chi connectivity index (χ3n) is 4.60. The molecular formula is C21H25F2N3O2. The summed E-state index contributed by atoms with van der Waals surface area (Å²) in [7, 11) is 0. The highest BCUT2D eigenvalue weighted by Crippen LogP contribution is 2.26. The Balaban J connectivity index is 1.53. The molecule has 2 unspecified atom stereocenters. The molecule has 7 heteroatoms. The molecule has 0 spiro atoms. The Kier molecular flexibility index (Phi) is 6.46. The number of rotatable bonds is 5. The lowest BCUT2D eigenvalue weighted by molar-refractivity contribution is -0.00539. The van der Waals surface area contributed by atoms with E-state index < -0.39 is 11.8 Å². The number of hydrogen-bond donors (Lipinski definition) is 2. The van der Waals surface area contributed by atoms with E-state index in [1.807, 2.05) is 18.7 Å². The number of urea groups is 1. The van der Waals surface area contributed by atoms with Crippen molar-refractivity contribution in [1.29, 1.82) is 0 Å². The quantitative estimate of drug-likeness (QED) is 0.814. The molecule has 2 atom stereocenters. The summed E-state index contributed by atoms with van der Waals surface area (Å²) in [6.45, 7) is 5.43. The van der Waals surface area contributed by atoms with E-state index in [1.165, 1.54) is 12.1 Å². The third kappa shape index (κ3) is 5.19. The molecule has 3 rings (SSSR count). The van der Waals surface area contributed by atoms with Crippen LogP contribution in [0.1, 0.15) is 19.4 Å². The van der Waals surface area contributed by atoms with Gasteiger partial charge in [0, 0.05) is 25.3 Å². The zero-order valence-corrected chi connectivity index (χ0v) is 16.0. The van der Waals surface area contributed by atoms with Crippen LogP contribution in [0.15, 0.2) is 42.5 Å². The van der Waals surface area contributed by atoms with Crippen LogP contribution in [0.2, 0.25) is 0 Å². The fraction of sp³-hybridized carbons (Fsp3) is 0.381. The van der Waals surface area contributed by atoms with Crippen LogP contribution in [-0.2, 0) is 11.2 Å². The number of carbonyl (C=O) groups is 1. The maximum Gasteiger partial charge on any atom is 0.319 e. The second kappa shape index (κ2) is 9.01. The van der Waals surface area contributed by atoms with Gasteiger partial charge in [0.15, 0.2) is 0 Å². The fourth-order valence-electron chi connectivity index (χ4n) is 3.40. The van der Waals surface area contributed by atoms with Gasteiger partial charge in [0.05, 0.1) is 17.9 Å². The molecule has 28 heavy (non-hydrogen) atoms. The number of amides is 2. The predicted octanol–water partition coefficient (Wildman–Crippen LogP) is 3.94. The van der Waals surface area contributed by atoms with Crippen molar-refractivity contribution < 1.29 is 18.3 Å². The Hall–Kier alpha value is -2.67. The lowest BCUT2D eigenvalue weighted by Crippen LogP contribution is -2.45. The van der Waals surface area contributed by atoms with Gasteiger partial charge < -0.3 is 20.3 Å². The van der Waals surface area contributed by atoms with Gasteiger partial charge in [0.1, 0.15) is 11.6 Å². The molecule has 150 valence electrons. The number of hydrogen-bond acceptors (Lipinski definition) is 3. The minimum Gasteiger partial charge on any atom is -0.372 e. The lowest BCUT2D eigenvalue weighted by atomic mass is 10.1. The van der Waals surface area contributed by atoms with E-state index in [0.29, 0.717) is 36.4 Å². The zero-order valence-electron chi connectivity index (χ0n) is 16.0. The second-order valence-electron chi connectivity index (χ2n) is 7.05. The van der Waals surface area contributed by atoms with Crippen molar-refractivity contribution in [2.75, 3.05) is 29.9 Å². The van der Waals surface area contributed by atoms with Crippen LogP contribution in [0.3, 0.4) is 0 Å². The summed E-state index contributed by atoms with van der Waals surface area (Å²) in [4.78, 5) is 14.0. The molecule has 0 bridgehead atoms. The maximum atomic E-state index is 14.6. The number of morpholine rings is 1. The molecule has 1 heterocycles. The van der Waals surface area contributed by atoms with E-state index in [0.717, 1.165) is 0 Å². The first-order valence-corrected chi connectivity index (χ1v) is 9.40. The van der Waals surface area contributed by atoms with Crippen molar-refractivity contribution in [2.24, 2.45) is 0 Å². The number of benzene rings is 2. The molecule has 1 aliphatic rings. The number of nitrogens with zero attached hydrogens (tertiary/aromatic N) is 1. The number of halogens is 2. The van der Waals surface area contributed by atoms with E-state index in [9.17, 15) is 13.6 Å². The summed E-state index contributed by atoms with van der Waals surface area (Å²) < 4.78 is 33.8. The highest BCUT2D eigenvalue weighted by Gasteiger charge is 2.24. The zero-order chi connectivity index (χ0) is 20.1. The first-order valence-electron chi connectivity index (χ1n) is 9.40. The Morgan fingerprint density at radius 3 is 2.50 bits per heavy atom. The van der Waals surface area contributed by atoms with Gasteiger partial charge in [-0.1, -0.05) is 18.2 Å². The Morgan fingerprint density at radius 2 is 1.82 bits per heavy atom. The summed E-state index contributed by atoms with van der Waals surface area (Å²) in [6, 6.07) is 10.6. The van der Waals surface area contributed by atoms with E-state index in [1.54, 1.807) is 30.3 Å². The number of nitrogens with one attached hydrogen (secondary N) is 2. The van der Waals surface area contributed by atoms with Crippen LogP contribution < -0.4 is 15.5 Å². The van der Waals surface area contributed by atoms with Gasteiger partial charge in [-0.05, 0) is 50.1 Å². The average molecular weight is 389 g/mol. The molecule has 5 nitrogen and oxygen atoms in total. The van der Waals surface area contributed by atoms with Crippen molar-refractivity contribution in [3.63, 3.8) is 0 Å². The molecule has 0 aliphatic carbocycles. The Labute approximate surface area is 163 Å². The SMILES string of the molecule is CC1CN(c2ccc(NC(=O)NCCc3ccccc3F)cc2F)CC(C)O1. The maximum absolute atomic E-state index is 14.6. The first-order chi connectivity index (χ1) is 13.4. The first kappa shape index (κ1) is 20.1. The van der Waals surface area contributed by atoms with E-state index in [4.69, 9.17) is 4.74 Å². The van der Waals surface area contributed by atoms with Crippen LogP contribution in [0.25, 0.3) is 0 Å². The van der Waals surface area contributed by atoms with E-state index in [2.05, 4.69) is 10.6 Å². The average Bonchev–Trinajstić information content (AvgIpc) is 2.62. The number of carbonyl (C=O) groups excluding carboxylic acids is 1. The minimum absolute atomic E-state index is 0.0289. The molecule has 1 aliphatic heterocycles. The molecule has 1 fully saturated rings. The van der Waals surface area contributed by atoms with E-state index >= 15 is 0 Å². The van der Waals surface area contributed by atoms with Crippen LogP contribution in [0, 0.1) is 11.6 Å². The largest absolute Gasteiger partial charge is 0.372 e. The van der Waals surface area contributed by atoms with Crippen LogP contribution in [0.5, 0.6) is 0 Å². The van der Waals surface area contributed by atoms with Gasteiger partial charge in [0.25, 0.3) is 0 Å². The molecule has 1 saturated heterocycles. The summed E-state index contributed by atoms with van der Waals surface area (Å²) in [5.41, 5.74) is 1.39.